The second-order valence-electron chi connectivity index (χ2n) is 5.46. The average molecular weight is 302 g/mol. The molecule has 2 aromatic carbocycles. The molecule has 114 valence electrons. The Morgan fingerprint density at radius 2 is 1.91 bits per heavy atom. The Kier molecular flexibility index (Phi) is 4.48. The molecule has 0 aliphatic carbocycles. The van der Waals surface area contributed by atoms with Crippen molar-refractivity contribution in [2.75, 3.05) is 7.05 Å². The van der Waals surface area contributed by atoms with Gasteiger partial charge in [-0.3, -0.25) is 9.78 Å². The third-order valence-corrected chi connectivity index (χ3v) is 3.75. The van der Waals surface area contributed by atoms with Crippen LogP contribution in [-0.2, 0) is 11.3 Å². The van der Waals surface area contributed by atoms with Crippen molar-refractivity contribution < 1.29 is 4.79 Å². The normalized spacial score (nSPS) is 11.0. The molecule has 0 N–H and O–H groups in total. The van der Waals surface area contributed by atoms with E-state index in [2.05, 4.69) is 23.2 Å². The molecule has 0 saturated heterocycles. The number of hydrogen-bond acceptors (Lipinski definition) is 2. The molecule has 0 saturated carbocycles. The van der Waals surface area contributed by atoms with E-state index in [1.165, 1.54) is 5.39 Å². The molecule has 0 fully saturated rings. The quantitative estimate of drug-likeness (QED) is 0.685. The molecular formula is C20H18N2O. The highest BCUT2D eigenvalue weighted by molar-refractivity contribution is 5.96. The third kappa shape index (κ3) is 3.64. The third-order valence-electron chi connectivity index (χ3n) is 3.75. The van der Waals surface area contributed by atoms with Gasteiger partial charge in [0, 0.05) is 32.1 Å². The number of likely N-dealkylation sites (N-methyl/N-ethyl adjacent to an activating group) is 1. The van der Waals surface area contributed by atoms with Gasteiger partial charge >= 0.3 is 0 Å². The fourth-order valence-corrected chi connectivity index (χ4v) is 2.53. The summed E-state index contributed by atoms with van der Waals surface area (Å²) in [5, 5.41) is 2.32. The molecule has 0 bridgehead atoms. The summed E-state index contributed by atoms with van der Waals surface area (Å²) in [6.45, 7) is 0.548. The topological polar surface area (TPSA) is 33.2 Å². The fourth-order valence-electron chi connectivity index (χ4n) is 2.53. The maximum Gasteiger partial charge on any atom is 0.246 e. The molecule has 1 aromatic heterocycles. The molecule has 3 aromatic rings. The van der Waals surface area contributed by atoms with Gasteiger partial charge in [-0.05, 0) is 34.0 Å². The minimum Gasteiger partial charge on any atom is -0.338 e. The van der Waals surface area contributed by atoms with Gasteiger partial charge in [-0.2, -0.15) is 0 Å². The van der Waals surface area contributed by atoms with Gasteiger partial charge in [0.05, 0.1) is 0 Å². The van der Waals surface area contributed by atoms with Gasteiger partial charge in [0.1, 0.15) is 0 Å². The first-order valence-electron chi connectivity index (χ1n) is 7.54. The van der Waals surface area contributed by atoms with Crippen molar-refractivity contribution in [1.82, 2.24) is 9.88 Å². The zero-order chi connectivity index (χ0) is 16.1. The van der Waals surface area contributed by atoms with Gasteiger partial charge in [-0.15, -0.1) is 0 Å². The van der Waals surface area contributed by atoms with Gasteiger partial charge < -0.3 is 4.90 Å². The molecule has 23 heavy (non-hydrogen) atoms. The highest BCUT2D eigenvalue weighted by Gasteiger charge is 2.06. The highest BCUT2D eigenvalue weighted by Crippen LogP contribution is 2.19. The van der Waals surface area contributed by atoms with E-state index in [1.807, 2.05) is 42.5 Å². The summed E-state index contributed by atoms with van der Waals surface area (Å²) in [6.07, 6.45) is 7.01. The Balaban J connectivity index is 1.75. The number of benzene rings is 2. The Morgan fingerprint density at radius 3 is 2.74 bits per heavy atom. The second-order valence-corrected chi connectivity index (χ2v) is 5.46. The van der Waals surface area contributed by atoms with Crippen molar-refractivity contribution in [2.45, 2.75) is 6.54 Å². The van der Waals surface area contributed by atoms with Gasteiger partial charge in [-0.25, -0.2) is 0 Å². The van der Waals surface area contributed by atoms with Gasteiger partial charge in [0.25, 0.3) is 0 Å². The monoisotopic (exact) mass is 302 g/mol. The molecule has 1 heterocycles. The molecule has 0 aliphatic heterocycles. The number of amides is 1. The summed E-state index contributed by atoms with van der Waals surface area (Å²) < 4.78 is 0. The molecule has 0 radical (unpaired) electrons. The van der Waals surface area contributed by atoms with Crippen molar-refractivity contribution in [3.8, 4) is 0 Å². The Morgan fingerprint density at radius 1 is 1.09 bits per heavy atom. The number of hydrogen-bond donors (Lipinski definition) is 0. The number of carbonyl (C=O) groups excluding carboxylic acids is 1. The molecule has 0 aliphatic rings. The Labute approximate surface area is 135 Å². The van der Waals surface area contributed by atoms with Crippen LogP contribution < -0.4 is 0 Å². The van der Waals surface area contributed by atoms with E-state index in [0.29, 0.717) is 6.54 Å². The summed E-state index contributed by atoms with van der Waals surface area (Å²) in [7, 11) is 1.79. The van der Waals surface area contributed by atoms with Crippen molar-refractivity contribution in [1.29, 1.82) is 0 Å². The molecule has 1 amide bonds. The van der Waals surface area contributed by atoms with Crippen LogP contribution in [0.3, 0.4) is 0 Å². The van der Waals surface area contributed by atoms with Crippen LogP contribution in [0.15, 0.2) is 73.1 Å². The van der Waals surface area contributed by atoms with E-state index in [1.54, 1.807) is 30.4 Å². The van der Waals surface area contributed by atoms with Crippen molar-refractivity contribution in [2.24, 2.45) is 0 Å². The van der Waals surface area contributed by atoms with Crippen molar-refractivity contribution in [3.05, 3.63) is 84.2 Å². The summed E-state index contributed by atoms with van der Waals surface area (Å²) in [6, 6.07) is 18.1. The lowest BCUT2D eigenvalue weighted by molar-refractivity contribution is -0.125. The van der Waals surface area contributed by atoms with Crippen LogP contribution in [0.2, 0.25) is 0 Å². The van der Waals surface area contributed by atoms with E-state index in [9.17, 15) is 4.79 Å². The smallest absolute Gasteiger partial charge is 0.246 e. The number of fused-ring (bicyclic) bond motifs is 1. The fraction of sp³-hybridized carbons (Fsp3) is 0.100. The maximum atomic E-state index is 12.3. The minimum atomic E-state index is -0.0261. The van der Waals surface area contributed by atoms with Crippen LogP contribution in [0.5, 0.6) is 0 Å². The molecule has 3 heteroatoms. The van der Waals surface area contributed by atoms with Crippen LogP contribution in [0.1, 0.15) is 11.1 Å². The zero-order valence-electron chi connectivity index (χ0n) is 13.0. The predicted molar refractivity (Wildman–Crippen MR) is 93.7 cm³/mol. The van der Waals surface area contributed by atoms with E-state index in [4.69, 9.17) is 0 Å². The van der Waals surface area contributed by atoms with Crippen LogP contribution >= 0.6 is 0 Å². The van der Waals surface area contributed by atoms with Gasteiger partial charge in [-0.1, -0.05) is 48.5 Å². The lowest BCUT2D eigenvalue weighted by atomic mass is 10.0. The maximum absolute atomic E-state index is 12.3. The summed E-state index contributed by atoms with van der Waals surface area (Å²) in [5.74, 6) is -0.0261. The van der Waals surface area contributed by atoms with E-state index in [-0.39, 0.29) is 5.91 Å². The summed E-state index contributed by atoms with van der Waals surface area (Å²) in [5.41, 5.74) is 2.06. The first kappa shape index (κ1) is 15.0. The van der Waals surface area contributed by atoms with E-state index in [0.717, 1.165) is 16.5 Å². The van der Waals surface area contributed by atoms with Crippen LogP contribution in [-0.4, -0.2) is 22.8 Å². The molecule has 0 spiro atoms. The number of carbonyl (C=O) groups is 1. The van der Waals surface area contributed by atoms with Crippen LogP contribution in [0, 0.1) is 0 Å². The minimum absolute atomic E-state index is 0.0261. The van der Waals surface area contributed by atoms with Gasteiger partial charge in [0.15, 0.2) is 0 Å². The molecule has 3 nitrogen and oxygen atoms in total. The SMILES string of the molecule is CN(Cc1cccnc1)C(=O)/C=C/c1cccc2ccccc12. The Hall–Kier alpha value is -2.94. The Bertz CT molecular complexity index is 835. The molecule has 3 rings (SSSR count). The number of nitrogens with zero attached hydrogens (tertiary/aromatic N) is 2. The number of aromatic nitrogens is 1. The predicted octanol–water partition coefficient (Wildman–Crippen LogP) is 3.91. The zero-order valence-corrected chi connectivity index (χ0v) is 13.0. The van der Waals surface area contributed by atoms with Gasteiger partial charge in [0.2, 0.25) is 5.91 Å². The standard InChI is InChI=1S/C20H18N2O/c1-22(15-16-6-5-13-21-14-16)20(23)12-11-18-9-4-8-17-7-2-3-10-19(17)18/h2-14H,15H2,1H3/b12-11+. The number of pyridine rings is 1. The first-order chi connectivity index (χ1) is 11.2. The second kappa shape index (κ2) is 6.88. The van der Waals surface area contributed by atoms with Crippen LogP contribution in [0.25, 0.3) is 16.8 Å². The molecule has 0 unspecified atom stereocenters. The van der Waals surface area contributed by atoms with Crippen molar-refractivity contribution >= 4 is 22.8 Å². The lowest BCUT2D eigenvalue weighted by Gasteiger charge is -2.14. The summed E-state index contributed by atoms with van der Waals surface area (Å²) in [4.78, 5) is 18.0. The largest absolute Gasteiger partial charge is 0.338 e. The lowest BCUT2D eigenvalue weighted by Crippen LogP contribution is -2.24. The average Bonchev–Trinajstić information content (AvgIpc) is 2.60. The van der Waals surface area contributed by atoms with Crippen molar-refractivity contribution in [3.63, 3.8) is 0 Å². The highest BCUT2D eigenvalue weighted by atomic mass is 16.2. The first-order valence-corrected chi connectivity index (χ1v) is 7.54. The molecular weight excluding hydrogens is 284 g/mol. The molecule has 0 atom stereocenters. The number of rotatable bonds is 4. The van der Waals surface area contributed by atoms with E-state index >= 15 is 0 Å². The van der Waals surface area contributed by atoms with Crippen LogP contribution in [0.4, 0.5) is 0 Å². The summed E-state index contributed by atoms with van der Waals surface area (Å²) >= 11 is 0. The van der Waals surface area contributed by atoms with E-state index < -0.39 is 0 Å².